The lowest BCUT2D eigenvalue weighted by Gasteiger charge is -2.35. The summed E-state index contributed by atoms with van der Waals surface area (Å²) in [4.78, 5) is 15.9. The maximum absolute atomic E-state index is 13.0. The molecular formula is C14H19FN2O. The molecule has 4 heteroatoms. The van der Waals surface area contributed by atoms with E-state index in [4.69, 9.17) is 5.73 Å². The first kappa shape index (κ1) is 13.1. The largest absolute Gasteiger partial charge is 0.330 e. The summed E-state index contributed by atoms with van der Waals surface area (Å²) in [6.45, 7) is 0.529. The summed E-state index contributed by atoms with van der Waals surface area (Å²) < 4.78 is 13.0. The number of Topliss-reactive ketones (excluding diaryl/α,β-unsaturated/α-hetero) is 1. The lowest BCUT2D eigenvalue weighted by atomic mass is 9.70. The minimum atomic E-state index is -0.466. The molecule has 0 spiro atoms. The normalized spacial score (nSPS) is 18.6. The number of carbonyl (C=O) groups excluding carboxylic acids is 1. The van der Waals surface area contributed by atoms with Crippen molar-refractivity contribution in [1.29, 1.82) is 0 Å². The first-order chi connectivity index (χ1) is 8.65. The number of nitrogens with zero attached hydrogens (tertiary/aromatic N) is 1. The average molecular weight is 250 g/mol. The molecular weight excluding hydrogens is 231 g/mol. The van der Waals surface area contributed by atoms with Gasteiger partial charge in [-0.05, 0) is 30.9 Å². The summed E-state index contributed by atoms with van der Waals surface area (Å²) in [5, 5.41) is 0. The number of nitrogens with two attached hydrogens (primary N) is 1. The predicted octanol–water partition coefficient (Wildman–Crippen LogP) is 2.70. The van der Waals surface area contributed by atoms with E-state index < -0.39 is 5.82 Å². The number of ketones is 1. The Morgan fingerprint density at radius 2 is 2.06 bits per heavy atom. The SMILES string of the molecule is NCC1(CC(=O)c2cncc(F)c2)CCCCC1. The monoisotopic (exact) mass is 250 g/mol. The van der Waals surface area contributed by atoms with Crippen molar-refractivity contribution in [1.82, 2.24) is 4.98 Å². The van der Waals surface area contributed by atoms with Crippen LogP contribution in [0.2, 0.25) is 0 Å². The summed E-state index contributed by atoms with van der Waals surface area (Å²) in [7, 11) is 0. The first-order valence-electron chi connectivity index (χ1n) is 6.49. The molecule has 1 aromatic rings. The lowest BCUT2D eigenvalue weighted by molar-refractivity contribution is 0.0867. The molecule has 3 nitrogen and oxygen atoms in total. The van der Waals surface area contributed by atoms with Gasteiger partial charge in [0.05, 0.1) is 6.20 Å². The zero-order chi connectivity index (χ0) is 13.0. The van der Waals surface area contributed by atoms with Gasteiger partial charge in [-0.3, -0.25) is 9.78 Å². The molecule has 98 valence electrons. The van der Waals surface area contributed by atoms with Crippen molar-refractivity contribution >= 4 is 5.78 Å². The molecule has 1 saturated carbocycles. The molecule has 0 unspecified atom stereocenters. The van der Waals surface area contributed by atoms with Crippen LogP contribution in [0.15, 0.2) is 18.5 Å². The van der Waals surface area contributed by atoms with Gasteiger partial charge >= 0.3 is 0 Å². The third kappa shape index (κ3) is 2.93. The number of rotatable bonds is 4. The van der Waals surface area contributed by atoms with Crippen molar-refractivity contribution in [2.75, 3.05) is 6.54 Å². The lowest BCUT2D eigenvalue weighted by Crippen LogP contribution is -2.35. The molecule has 0 bridgehead atoms. The van der Waals surface area contributed by atoms with Crippen LogP contribution in [0.5, 0.6) is 0 Å². The maximum atomic E-state index is 13.0. The second kappa shape index (κ2) is 5.57. The summed E-state index contributed by atoms with van der Waals surface area (Å²) in [5.41, 5.74) is 6.13. The van der Waals surface area contributed by atoms with Crippen LogP contribution in [0, 0.1) is 11.2 Å². The molecule has 2 rings (SSSR count). The Bertz CT molecular complexity index is 428. The van der Waals surface area contributed by atoms with Gasteiger partial charge < -0.3 is 5.73 Å². The average Bonchev–Trinajstić information content (AvgIpc) is 2.40. The third-order valence-corrected chi connectivity index (χ3v) is 3.91. The summed E-state index contributed by atoms with van der Waals surface area (Å²) in [6.07, 6.45) is 8.42. The predicted molar refractivity (Wildman–Crippen MR) is 67.7 cm³/mol. The van der Waals surface area contributed by atoms with E-state index in [9.17, 15) is 9.18 Å². The van der Waals surface area contributed by atoms with Gasteiger partial charge in [0.25, 0.3) is 0 Å². The van der Waals surface area contributed by atoms with Gasteiger partial charge in [-0.25, -0.2) is 4.39 Å². The Morgan fingerprint density at radius 1 is 1.33 bits per heavy atom. The van der Waals surface area contributed by atoms with Crippen LogP contribution in [0.25, 0.3) is 0 Å². The number of hydrogen-bond donors (Lipinski definition) is 1. The molecule has 1 aliphatic rings. The fourth-order valence-electron chi connectivity index (χ4n) is 2.76. The fourth-order valence-corrected chi connectivity index (χ4v) is 2.76. The number of halogens is 1. The zero-order valence-corrected chi connectivity index (χ0v) is 10.5. The van der Waals surface area contributed by atoms with Gasteiger partial charge in [0.2, 0.25) is 0 Å². The highest BCUT2D eigenvalue weighted by Crippen LogP contribution is 2.39. The molecule has 0 radical (unpaired) electrons. The number of pyridine rings is 1. The van der Waals surface area contributed by atoms with Crippen LogP contribution >= 0.6 is 0 Å². The third-order valence-electron chi connectivity index (χ3n) is 3.91. The Labute approximate surface area is 107 Å². The first-order valence-corrected chi connectivity index (χ1v) is 6.49. The van der Waals surface area contributed by atoms with E-state index in [1.54, 1.807) is 0 Å². The quantitative estimate of drug-likeness (QED) is 0.836. The van der Waals surface area contributed by atoms with Crippen LogP contribution in [-0.4, -0.2) is 17.3 Å². The van der Waals surface area contributed by atoms with Crippen LogP contribution in [0.3, 0.4) is 0 Å². The van der Waals surface area contributed by atoms with E-state index in [0.717, 1.165) is 31.9 Å². The van der Waals surface area contributed by atoms with Crippen molar-refractivity contribution < 1.29 is 9.18 Å². The van der Waals surface area contributed by atoms with Gasteiger partial charge in [0.1, 0.15) is 5.82 Å². The minimum absolute atomic E-state index is 0.0469. The molecule has 2 N–H and O–H groups in total. The smallest absolute Gasteiger partial charge is 0.165 e. The Balaban J connectivity index is 2.10. The maximum Gasteiger partial charge on any atom is 0.165 e. The molecule has 1 aliphatic carbocycles. The van der Waals surface area contributed by atoms with E-state index in [1.165, 1.54) is 18.7 Å². The van der Waals surface area contributed by atoms with Gasteiger partial charge in [0, 0.05) is 18.2 Å². The van der Waals surface area contributed by atoms with Crippen LogP contribution in [0.4, 0.5) is 4.39 Å². The molecule has 0 aromatic carbocycles. The highest BCUT2D eigenvalue weighted by molar-refractivity contribution is 5.96. The molecule has 0 saturated heterocycles. The van der Waals surface area contributed by atoms with Gasteiger partial charge in [-0.1, -0.05) is 19.3 Å². The van der Waals surface area contributed by atoms with Crippen LogP contribution in [0.1, 0.15) is 48.9 Å². The van der Waals surface area contributed by atoms with E-state index in [1.807, 2.05) is 0 Å². The molecule has 0 aliphatic heterocycles. The van der Waals surface area contributed by atoms with Crippen molar-refractivity contribution in [3.8, 4) is 0 Å². The summed E-state index contributed by atoms with van der Waals surface area (Å²) >= 11 is 0. The Hall–Kier alpha value is -1.29. The molecule has 1 aromatic heterocycles. The van der Waals surface area contributed by atoms with Crippen molar-refractivity contribution in [2.24, 2.45) is 11.1 Å². The van der Waals surface area contributed by atoms with E-state index in [2.05, 4.69) is 4.98 Å². The van der Waals surface area contributed by atoms with Crippen LogP contribution in [-0.2, 0) is 0 Å². The minimum Gasteiger partial charge on any atom is -0.330 e. The molecule has 0 atom stereocenters. The van der Waals surface area contributed by atoms with Gasteiger partial charge in [-0.2, -0.15) is 0 Å². The van der Waals surface area contributed by atoms with E-state index >= 15 is 0 Å². The van der Waals surface area contributed by atoms with Crippen molar-refractivity contribution in [2.45, 2.75) is 38.5 Å². The van der Waals surface area contributed by atoms with Crippen molar-refractivity contribution in [3.05, 3.63) is 29.8 Å². The highest BCUT2D eigenvalue weighted by Gasteiger charge is 2.33. The van der Waals surface area contributed by atoms with Crippen molar-refractivity contribution in [3.63, 3.8) is 0 Å². The van der Waals surface area contributed by atoms with Crippen LogP contribution < -0.4 is 5.73 Å². The number of carbonyl (C=O) groups is 1. The number of hydrogen-bond acceptors (Lipinski definition) is 3. The second-order valence-corrected chi connectivity index (χ2v) is 5.26. The Kier molecular flexibility index (Phi) is 4.07. The summed E-state index contributed by atoms with van der Waals surface area (Å²) in [6, 6.07) is 1.25. The van der Waals surface area contributed by atoms with Gasteiger partial charge in [0.15, 0.2) is 5.78 Å². The number of aromatic nitrogens is 1. The highest BCUT2D eigenvalue weighted by atomic mass is 19.1. The summed E-state index contributed by atoms with van der Waals surface area (Å²) in [5.74, 6) is -0.513. The Morgan fingerprint density at radius 3 is 2.67 bits per heavy atom. The zero-order valence-electron chi connectivity index (χ0n) is 10.5. The van der Waals surface area contributed by atoms with E-state index in [0.29, 0.717) is 18.5 Å². The molecule has 1 heterocycles. The molecule has 18 heavy (non-hydrogen) atoms. The van der Waals surface area contributed by atoms with Gasteiger partial charge in [-0.15, -0.1) is 0 Å². The second-order valence-electron chi connectivity index (χ2n) is 5.26. The standard InChI is InChI=1S/C14H19FN2O/c15-12-6-11(8-17-9-12)13(18)7-14(10-16)4-2-1-3-5-14/h6,8-9H,1-5,7,10,16H2. The van der Waals surface area contributed by atoms with E-state index in [-0.39, 0.29) is 11.2 Å². The topological polar surface area (TPSA) is 56.0 Å². The molecule has 1 fully saturated rings. The fraction of sp³-hybridized carbons (Fsp3) is 0.571. The molecule has 0 amide bonds.